The van der Waals surface area contributed by atoms with Gasteiger partial charge >= 0.3 is 0 Å². The van der Waals surface area contributed by atoms with Crippen LogP contribution in [0.3, 0.4) is 0 Å². The Labute approximate surface area is 76.1 Å². The SMILES string of the molecule is SN(S)c1ccc(Cl)cc1. The number of benzene rings is 1. The molecule has 1 aromatic rings. The van der Waals surface area contributed by atoms with Gasteiger partial charge < -0.3 is 0 Å². The topological polar surface area (TPSA) is 3.24 Å². The van der Waals surface area contributed by atoms with Crippen molar-refractivity contribution in [3.8, 4) is 0 Å². The van der Waals surface area contributed by atoms with Gasteiger partial charge in [0.05, 0.1) is 5.69 Å². The Hall–Kier alpha value is 0.01000. The molecule has 0 atom stereocenters. The molecule has 1 aromatic carbocycles. The van der Waals surface area contributed by atoms with Gasteiger partial charge in [0.15, 0.2) is 0 Å². The number of hydrogen-bond acceptors (Lipinski definition) is 3. The van der Waals surface area contributed by atoms with Gasteiger partial charge in [0.25, 0.3) is 0 Å². The molecule has 0 saturated carbocycles. The summed E-state index contributed by atoms with van der Waals surface area (Å²) in [6.45, 7) is 0. The van der Waals surface area contributed by atoms with Crippen LogP contribution in [0.25, 0.3) is 0 Å². The molecule has 0 aliphatic rings. The highest BCUT2D eigenvalue weighted by molar-refractivity contribution is 8.00. The smallest absolute Gasteiger partial charge is 0.0589 e. The fraction of sp³-hybridized carbons (Fsp3) is 0. The van der Waals surface area contributed by atoms with Crippen LogP contribution in [0.15, 0.2) is 24.3 Å². The summed E-state index contributed by atoms with van der Waals surface area (Å²) in [6, 6.07) is 7.25. The van der Waals surface area contributed by atoms with Crippen LogP contribution in [-0.4, -0.2) is 0 Å². The van der Waals surface area contributed by atoms with Crippen molar-refractivity contribution in [3.63, 3.8) is 0 Å². The van der Waals surface area contributed by atoms with Crippen LogP contribution in [0.1, 0.15) is 0 Å². The number of anilines is 1. The molecule has 0 fully saturated rings. The van der Waals surface area contributed by atoms with Gasteiger partial charge in [-0.25, -0.2) is 0 Å². The van der Waals surface area contributed by atoms with Crippen molar-refractivity contribution in [1.29, 1.82) is 0 Å². The zero-order valence-corrected chi connectivity index (χ0v) is 7.57. The van der Waals surface area contributed by atoms with Crippen LogP contribution in [-0.2, 0) is 0 Å². The predicted octanol–water partition coefficient (Wildman–Crippen LogP) is 2.84. The van der Waals surface area contributed by atoms with E-state index in [1.807, 2.05) is 12.1 Å². The van der Waals surface area contributed by atoms with Gasteiger partial charge in [0, 0.05) is 5.02 Å². The minimum absolute atomic E-state index is 0.715. The quantitative estimate of drug-likeness (QED) is 0.646. The van der Waals surface area contributed by atoms with Crippen molar-refractivity contribution in [1.82, 2.24) is 0 Å². The molecule has 0 spiro atoms. The van der Waals surface area contributed by atoms with E-state index in [-0.39, 0.29) is 0 Å². The molecule has 0 aliphatic carbocycles. The molecule has 0 unspecified atom stereocenters. The monoisotopic (exact) mass is 191 g/mol. The Morgan fingerprint density at radius 3 is 2.00 bits per heavy atom. The maximum absolute atomic E-state index is 5.65. The first-order chi connectivity index (χ1) is 4.70. The van der Waals surface area contributed by atoms with Crippen LogP contribution in [0.4, 0.5) is 5.69 Å². The van der Waals surface area contributed by atoms with E-state index < -0.39 is 0 Å². The van der Waals surface area contributed by atoms with Gasteiger partial charge in [-0.1, -0.05) is 37.2 Å². The third-order valence-corrected chi connectivity index (χ3v) is 1.77. The normalized spacial score (nSPS) is 9.50. The Balaban J connectivity index is 2.89. The summed E-state index contributed by atoms with van der Waals surface area (Å²) in [5, 5.41) is 0.715. The van der Waals surface area contributed by atoms with E-state index >= 15 is 0 Å². The van der Waals surface area contributed by atoms with Gasteiger partial charge in [-0.05, 0) is 24.3 Å². The summed E-state index contributed by atoms with van der Waals surface area (Å²) in [5.41, 5.74) is 0.899. The largest absolute Gasteiger partial charge is 0.265 e. The highest BCUT2D eigenvalue weighted by Crippen LogP contribution is 2.20. The molecule has 0 amide bonds. The average Bonchev–Trinajstić information content (AvgIpc) is 1.88. The zero-order chi connectivity index (χ0) is 7.56. The van der Waals surface area contributed by atoms with E-state index in [0.717, 1.165) is 5.69 Å². The fourth-order valence-electron chi connectivity index (χ4n) is 0.574. The van der Waals surface area contributed by atoms with E-state index in [9.17, 15) is 0 Å². The van der Waals surface area contributed by atoms with Crippen molar-refractivity contribution in [2.45, 2.75) is 0 Å². The Bertz CT molecular complexity index is 209. The summed E-state index contributed by atoms with van der Waals surface area (Å²) < 4.78 is 1.43. The van der Waals surface area contributed by atoms with Crippen molar-refractivity contribution in [3.05, 3.63) is 29.3 Å². The molecule has 10 heavy (non-hydrogen) atoms. The predicted molar refractivity (Wildman–Crippen MR) is 51.9 cm³/mol. The van der Waals surface area contributed by atoms with Crippen molar-refractivity contribution < 1.29 is 0 Å². The molecule has 0 aromatic heterocycles. The lowest BCUT2D eigenvalue weighted by Gasteiger charge is -2.07. The maximum atomic E-state index is 5.65. The summed E-state index contributed by atoms with van der Waals surface area (Å²) >= 11 is 13.6. The molecule has 4 heteroatoms. The van der Waals surface area contributed by atoms with Crippen LogP contribution >= 0.6 is 37.2 Å². The molecule has 0 heterocycles. The molecule has 1 nitrogen and oxygen atoms in total. The van der Waals surface area contributed by atoms with Crippen LogP contribution < -0.4 is 3.71 Å². The Kier molecular flexibility index (Phi) is 2.77. The summed E-state index contributed by atoms with van der Waals surface area (Å²) in [4.78, 5) is 0. The van der Waals surface area contributed by atoms with Crippen molar-refractivity contribution >= 4 is 42.9 Å². The number of nitrogens with zero attached hydrogens (tertiary/aromatic N) is 1. The molecule has 0 radical (unpaired) electrons. The lowest BCUT2D eigenvalue weighted by molar-refractivity contribution is 1.62. The first-order valence-electron chi connectivity index (χ1n) is 2.63. The summed E-state index contributed by atoms with van der Waals surface area (Å²) in [6.07, 6.45) is 0. The molecule has 1 rings (SSSR count). The Morgan fingerprint density at radius 2 is 1.60 bits per heavy atom. The van der Waals surface area contributed by atoms with E-state index in [2.05, 4.69) is 25.6 Å². The number of halogens is 1. The van der Waals surface area contributed by atoms with Crippen LogP contribution in [0, 0.1) is 0 Å². The lowest BCUT2D eigenvalue weighted by Crippen LogP contribution is -1.90. The number of hydrogen-bond donors (Lipinski definition) is 2. The number of rotatable bonds is 1. The highest BCUT2D eigenvalue weighted by atomic mass is 35.5. The molecule has 54 valence electrons. The maximum Gasteiger partial charge on any atom is 0.0589 e. The Morgan fingerprint density at radius 1 is 1.10 bits per heavy atom. The first kappa shape index (κ1) is 8.11. The van der Waals surface area contributed by atoms with E-state index in [4.69, 9.17) is 11.6 Å². The lowest BCUT2D eigenvalue weighted by atomic mass is 10.3. The standard InChI is InChI=1S/C6H6ClNS2/c7-5-1-3-6(4-2-5)8(9)10/h1-4,9-10H. The van der Waals surface area contributed by atoms with Gasteiger partial charge in [0.1, 0.15) is 0 Å². The summed E-state index contributed by atoms with van der Waals surface area (Å²) in [7, 11) is 0. The number of thiol groups is 2. The van der Waals surface area contributed by atoms with Crippen molar-refractivity contribution in [2.75, 3.05) is 3.71 Å². The molecule has 0 N–H and O–H groups in total. The molecular weight excluding hydrogens is 186 g/mol. The second-order valence-electron chi connectivity index (χ2n) is 1.77. The van der Waals surface area contributed by atoms with Crippen molar-refractivity contribution in [2.24, 2.45) is 0 Å². The second kappa shape index (κ2) is 3.42. The van der Waals surface area contributed by atoms with Crippen LogP contribution in [0.2, 0.25) is 5.02 Å². The van der Waals surface area contributed by atoms with Gasteiger partial charge in [0.2, 0.25) is 0 Å². The van der Waals surface area contributed by atoms with Crippen LogP contribution in [0.5, 0.6) is 0 Å². The van der Waals surface area contributed by atoms with Gasteiger partial charge in [-0.2, -0.15) is 0 Å². The molecular formula is C6H6ClNS2. The zero-order valence-electron chi connectivity index (χ0n) is 5.03. The summed E-state index contributed by atoms with van der Waals surface area (Å²) in [5.74, 6) is 0. The van der Waals surface area contributed by atoms with E-state index in [1.54, 1.807) is 12.1 Å². The first-order valence-corrected chi connectivity index (χ1v) is 3.81. The third kappa shape index (κ3) is 2.01. The second-order valence-corrected chi connectivity index (χ2v) is 3.32. The molecule has 0 saturated heterocycles. The third-order valence-electron chi connectivity index (χ3n) is 1.06. The minimum atomic E-state index is 0.715. The van der Waals surface area contributed by atoms with Gasteiger partial charge in [-0.15, -0.1) is 0 Å². The highest BCUT2D eigenvalue weighted by Gasteiger charge is 1.93. The van der Waals surface area contributed by atoms with Gasteiger partial charge in [-0.3, -0.25) is 3.71 Å². The van der Waals surface area contributed by atoms with E-state index in [0.29, 0.717) is 5.02 Å². The fourth-order valence-corrected chi connectivity index (χ4v) is 0.967. The average molecular weight is 192 g/mol. The molecule has 0 aliphatic heterocycles. The minimum Gasteiger partial charge on any atom is -0.265 e. The van der Waals surface area contributed by atoms with E-state index in [1.165, 1.54) is 3.71 Å². The molecule has 0 bridgehead atoms.